The first-order valence-electron chi connectivity index (χ1n) is 7.47. The number of rotatable bonds is 6. The maximum Gasteiger partial charge on any atom is 0.319 e. The van der Waals surface area contributed by atoms with E-state index >= 15 is 0 Å². The molecule has 0 spiro atoms. The van der Waals surface area contributed by atoms with Crippen LogP contribution in [0.3, 0.4) is 0 Å². The molecule has 25 heavy (non-hydrogen) atoms. The lowest BCUT2D eigenvalue weighted by Gasteiger charge is -2.09. The molecule has 0 fully saturated rings. The van der Waals surface area contributed by atoms with E-state index in [0.717, 1.165) is 0 Å². The summed E-state index contributed by atoms with van der Waals surface area (Å²) in [4.78, 5) is 23.6. The van der Waals surface area contributed by atoms with Crippen molar-refractivity contribution in [1.82, 2.24) is 5.32 Å². The van der Waals surface area contributed by atoms with Gasteiger partial charge in [0.1, 0.15) is 0 Å². The summed E-state index contributed by atoms with van der Waals surface area (Å²) in [5.74, 6) is -0.200. The molecule has 0 atom stereocenters. The number of benzene rings is 2. The molecule has 0 aliphatic rings. The average molecular weight is 378 g/mol. The Kier molecular flexibility index (Phi) is 6.86. The fraction of sp³-hybridized carbons (Fsp3) is 0.111. The Morgan fingerprint density at radius 2 is 1.64 bits per heavy atom. The molecule has 3 N–H and O–H groups in total. The molecule has 0 radical (unpaired) electrons. The van der Waals surface area contributed by atoms with E-state index in [9.17, 15) is 9.59 Å². The highest BCUT2D eigenvalue weighted by molar-refractivity contribution is 6.35. The molecule has 2 aromatic rings. The minimum absolute atomic E-state index is 0.139. The molecular weight excluding hydrogens is 361 g/mol. The van der Waals surface area contributed by atoms with Crippen LogP contribution in [-0.2, 0) is 11.2 Å². The lowest BCUT2D eigenvalue weighted by atomic mass is 10.1. The number of carbonyl (C=O) groups excluding carboxylic acids is 2. The van der Waals surface area contributed by atoms with Gasteiger partial charge in [-0.1, -0.05) is 35.3 Å². The molecule has 2 rings (SSSR count). The van der Waals surface area contributed by atoms with E-state index < -0.39 is 0 Å². The zero-order valence-corrected chi connectivity index (χ0v) is 14.8. The van der Waals surface area contributed by atoms with Crippen LogP contribution in [0.1, 0.15) is 5.56 Å². The van der Waals surface area contributed by atoms with E-state index in [2.05, 4.69) is 22.5 Å². The van der Waals surface area contributed by atoms with Crippen molar-refractivity contribution < 1.29 is 9.59 Å². The van der Waals surface area contributed by atoms with E-state index in [1.54, 1.807) is 48.5 Å². The molecule has 7 heteroatoms. The number of nitrogens with one attached hydrogen (secondary N) is 3. The molecule has 0 saturated heterocycles. The minimum Gasteiger partial charge on any atom is -0.334 e. The number of carbonyl (C=O) groups is 2. The van der Waals surface area contributed by atoms with Crippen molar-refractivity contribution in [1.29, 1.82) is 0 Å². The molecule has 0 unspecified atom stereocenters. The van der Waals surface area contributed by atoms with Crippen LogP contribution in [0, 0.1) is 0 Å². The maximum absolute atomic E-state index is 12.1. The van der Waals surface area contributed by atoms with Gasteiger partial charge >= 0.3 is 6.03 Å². The van der Waals surface area contributed by atoms with Crippen LogP contribution < -0.4 is 16.0 Å². The first kappa shape index (κ1) is 18.8. The second-order valence-corrected chi connectivity index (χ2v) is 6.01. The summed E-state index contributed by atoms with van der Waals surface area (Å²) in [6, 6.07) is 11.5. The van der Waals surface area contributed by atoms with Gasteiger partial charge in [0.15, 0.2) is 0 Å². The van der Waals surface area contributed by atoms with Crippen molar-refractivity contribution >= 4 is 46.5 Å². The minimum atomic E-state index is -0.325. The average Bonchev–Trinajstić information content (AvgIpc) is 2.57. The van der Waals surface area contributed by atoms with Gasteiger partial charge in [-0.05, 0) is 42.0 Å². The number of amides is 3. The van der Waals surface area contributed by atoms with Crippen LogP contribution >= 0.6 is 23.2 Å². The van der Waals surface area contributed by atoms with E-state index in [1.165, 1.54) is 0 Å². The third-order valence-electron chi connectivity index (χ3n) is 3.20. The largest absolute Gasteiger partial charge is 0.334 e. The third kappa shape index (κ3) is 6.14. The molecule has 0 aliphatic carbocycles. The number of anilines is 2. The number of hydrogen-bond acceptors (Lipinski definition) is 2. The normalized spacial score (nSPS) is 10.0. The van der Waals surface area contributed by atoms with Crippen molar-refractivity contribution in [2.75, 3.05) is 17.2 Å². The lowest BCUT2D eigenvalue weighted by molar-refractivity contribution is -0.115. The molecular formula is C18H17Cl2N3O2. The Morgan fingerprint density at radius 3 is 2.24 bits per heavy atom. The van der Waals surface area contributed by atoms with Gasteiger partial charge in [-0.15, -0.1) is 6.58 Å². The van der Waals surface area contributed by atoms with Gasteiger partial charge in [-0.3, -0.25) is 4.79 Å². The zero-order chi connectivity index (χ0) is 18.2. The molecule has 0 heterocycles. The van der Waals surface area contributed by atoms with Crippen molar-refractivity contribution in [3.05, 3.63) is 70.7 Å². The fourth-order valence-corrected chi connectivity index (χ4v) is 2.50. The van der Waals surface area contributed by atoms with Gasteiger partial charge in [0.2, 0.25) is 5.91 Å². The summed E-state index contributed by atoms with van der Waals surface area (Å²) in [5, 5.41) is 9.02. The predicted octanol–water partition coefficient (Wildman–Crippen LogP) is 4.48. The van der Waals surface area contributed by atoms with Crippen molar-refractivity contribution in [3.63, 3.8) is 0 Å². The molecule has 2 aromatic carbocycles. The summed E-state index contributed by atoms with van der Waals surface area (Å²) in [5.41, 5.74) is 1.92. The van der Waals surface area contributed by atoms with E-state index in [4.69, 9.17) is 23.2 Å². The molecule has 0 saturated carbocycles. The van der Waals surface area contributed by atoms with Crippen LogP contribution in [0.15, 0.2) is 55.1 Å². The Labute approximate surface area is 156 Å². The summed E-state index contributed by atoms with van der Waals surface area (Å²) >= 11 is 11.9. The highest BCUT2D eigenvalue weighted by Crippen LogP contribution is 2.22. The van der Waals surface area contributed by atoms with Gasteiger partial charge in [0.25, 0.3) is 0 Å². The van der Waals surface area contributed by atoms with E-state index in [1.807, 2.05) is 0 Å². The maximum atomic E-state index is 12.1. The topological polar surface area (TPSA) is 70.2 Å². The highest BCUT2D eigenvalue weighted by Gasteiger charge is 2.08. The van der Waals surface area contributed by atoms with Gasteiger partial charge < -0.3 is 16.0 Å². The Morgan fingerprint density at radius 1 is 1.00 bits per heavy atom. The molecule has 0 aromatic heterocycles. The van der Waals surface area contributed by atoms with Gasteiger partial charge in [0.05, 0.1) is 6.42 Å². The van der Waals surface area contributed by atoms with Crippen LogP contribution in [0.25, 0.3) is 0 Å². The number of halogens is 2. The van der Waals surface area contributed by atoms with Crippen molar-refractivity contribution in [2.24, 2.45) is 0 Å². The number of urea groups is 1. The predicted molar refractivity (Wildman–Crippen MR) is 102 cm³/mol. The lowest BCUT2D eigenvalue weighted by Crippen LogP contribution is -2.28. The third-order valence-corrected chi connectivity index (χ3v) is 3.79. The molecule has 130 valence electrons. The summed E-state index contributed by atoms with van der Waals surface area (Å²) < 4.78 is 0. The standard InChI is InChI=1S/C18H17Cl2N3O2/c1-2-9-21-18(25)23-15-7-5-14(6-8-15)22-17(24)10-12-3-4-13(19)11-16(12)20/h2-8,11H,1,9-10H2,(H,22,24)(H2,21,23,25). The summed E-state index contributed by atoms with van der Waals surface area (Å²) in [6.07, 6.45) is 1.73. The van der Waals surface area contributed by atoms with Gasteiger partial charge in [-0.2, -0.15) is 0 Å². The Hall–Kier alpha value is -2.50. The van der Waals surface area contributed by atoms with Crippen LogP contribution in [0.4, 0.5) is 16.2 Å². The van der Waals surface area contributed by atoms with Crippen LogP contribution in [-0.4, -0.2) is 18.5 Å². The van der Waals surface area contributed by atoms with Crippen molar-refractivity contribution in [2.45, 2.75) is 6.42 Å². The van der Waals surface area contributed by atoms with E-state index in [0.29, 0.717) is 33.5 Å². The summed E-state index contributed by atoms with van der Waals surface area (Å²) in [6.45, 7) is 3.90. The molecule has 0 bridgehead atoms. The quantitative estimate of drug-likeness (QED) is 0.649. The Bertz CT molecular complexity index is 776. The molecule has 3 amide bonds. The first-order valence-corrected chi connectivity index (χ1v) is 8.23. The molecule has 5 nitrogen and oxygen atoms in total. The zero-order valence-electron chi connectivity index (χ0n) is 13.3. The number of hydrogen-bond donors (Lipinski definition) is 3. The second kappa shape index (κ2) is 9.11. The van der Waals surface area contributed by atoms with Crippen molar-refractivity contribution in [3.8, 4) is 0 Å². The van der Waals surface area contributed by atoms with Gasteiger partial charge in [0, 0.05) is 28.0 Å². The smallest absolute Gasteiger partial charge is 0.319 e. The monoisotopic (exact) mass is 377 g/mol. The highest BCUT2D eigenvalue weighted by atomic mass is 35.5. The van der Waals surface area contributed by atoms with E-state index in [-0.39, 0.29) is 18.4 Å². The second-order valence-electron chi connectivity index (χ2n) is 5.16. The van der Waals surface area contributed by atoms with Gasteiger partial charge in [-0.25, -0.2) is 4.79 Å². The molecule has 0 aliphatic heterocycles. The SMILES string of the molecule is C=CCNC(=O)Nc1ccc(NC(=O)Cc2ccc(Cl)cc2Cl)cc1. The summed E-state index contributed by atoms with van der Waals surface area (Å²) in [7, 11) is 0. The Balaban J connectivity index is 1.90. The van der Waals surface area contributed by atoms with Crippen LogP contribution in [0.2, 0.25) is 10.0 Å². The van der Waals surface area contributed by atoms with Crippen LogP contribution in [0.5, 0.6) is 0 Å². The fourth-order valence-electron chi connectivity index (χ4n) is 2.02. The first-order chi connectivity index (χ1) is 12.0.